The lowest BCUT2D eigenvalue weighted by Crippen LogP contribution is -2.10. The highest BCUT2D eigenvalue weighted by Crippen LogP contribution is 2.24. The monoisotopic (exact) mass is 306 g/mol. The van der Waals surface area contributed by atoms with Crippen LogP contribution in [-0.4, -0.2) is 31.0 Å². The Labute approximate surface area is 127 Å². The molecule has 1 N–H and O–H groups in total. The van der Waals surface area contributed by atoms with Gasteiger partial charge < -0.3 is 10.1 Å². The number of benzene rings is 1. The molecule has 6 heteroatoms. The van der Waals surface area contributed by atoms with Gasteiger partial charge in [0.05, 0.1) is 24.9 Å². The Morgan fingerprint density at radius 2 is 2.09 bits per heavy atom. The molecule has 0 atom stereocenters. The number of pyridine rings is 1. The minimum Gasteiger partial charge on any atom is -0.465 e. The van der Waals surface area contributed by atoms with Gasteiger partial charge in [-0.1, -0.05) is 6.07 Å². The second-order valence-corrected chi connectivity index (χ2v) is 4.73. The van der Waals surface area contributed by atoms with Crippen LogP contribution in [0.4, 0.5) is 14.5 Å². The van der Waals surface area contributed by atoms with Crippen molar-refractivity contribution in [3.8, 4) is 11.3 Å². The maximum atomic E-state index is 12.2. The van der Waals surface area contributed by atoms with E-state index in [1.807, 2.05) is 13.0 Å². The maximum Gasteiger partial charge on any atom is 0.339 e. The van der Waals surface area contributed by atoms with Crippen molar-refractivity contribution >= 4 is 11.7 Å². The van der Waals surface area contributed by atoms with Crippen LogP contribution in [0.1, 0.15) is 15.9 Å². The van der Waals surface area contributed by atoms with Gasteiger partial charge in [-0.25, -0.2) is 13.6 Å². The maximum absolute atomic E-state index is 12.2. The van der Waals surface area contributed by atoms with E-state index in [4.69, 9.17) is 0 Å². The molecule has 4 nitrogen and oxygen atoms in total. The van der Waals surface area contributed by atoms with Gasteiger partial charge in [0.25, 0.3) is 6.43 Å². The highest BCUT2D eigenvalue weighted by Gasteiger charge is 2.08. The fourth-order valence-electron chi connectivity index (χ4n) is 2.01. The summed E-state index contributed by atoms with van der Waals surface area (Å²) in [5.74, 6) is -0.443. The fraction of sp³-hybridized carbons (Fsp3) is 0.250. The van der Waals surface area contributed by atoms with E-state index in [1.54, 1.807) is 24.3 Å². The van der Waals surface area contributed by atoms with E-state index in [0.29, 0.717) is 16.9 Å². The van der Waals surface area contributed by atoms with Crippen LogP contribution < -0.4 is 5.32 Å². The molecular weight excluding hydrogens is 290 g/mol. The number of aromatic nitrogens is 1. The van der Waals surface area contributed by atoms with Gasteiger partial charge >= 0.3 is 5.97 Å². The van der Waals surface area contributed by atoms with Crippen molar-refractivity contribution in [3.63, 3.8) is 0 Å². The van der Waals surface area contributed by atoms with Crippen LogP contribution >= 0.6 is 0 Å². The molecule has 2 rings (SSSR count). The third-order valence-electron chi connectivity index (χ3n) is 3.15. The van der Waals surface area contributed by atoms with Gasteiger partial charge in [0.1, 0.15) is 0 Å². The first kappa shape index (κ1) is 15.9. The number of carbonyl (C=O) groups excluding carboxylic acids is 1. The van der Waals surface area contributed by atoms with Crippen LogP contribution in [0.15, 0.2) is 36.5 Å². The summed E-state index contributed by atoms with van der Waals surface area (Å²) in [7, 11) is 1.31. The molecule has 0 spiro atoms. The minimum absolute atomic E-state index is 0.373. The summed E-state index contributed by atoms with van der Waals surface area (Å²) >= 11 is 0. The van der Waals surface area contributed by atoms with E-state index in [2.05, 4.69) is 15.0 Å². The Bertz CT molecular complexity index is 658. The van der Waals surface area contributed by atoms with Crippen LogP contribution in [0.3, 0.4) is 0 Å². The number of nitrogens with one attached hydrogen (secondary N) is 1. The number of methoxy groups -OCH3 is 1. The van der Waals surface area contributed by atoms with Crippen molar-refractivity contribution in [2.24, 2.45) is 0 Å². The first-order valence-electron chi connectivity index (χ1n) is 6.68. The van der Waals surface area contributed by atoms with Gasteiger partial charge in [0.15, 0.2) is 0 Å². The molecule has 0 fully saturated rings. The lowest BCUT2D eigenvalue weighted by Gasteiger charge is -2.11. The summed E-state index contributed by atoms with van der Waals surface area (Å²) in [6.45, 7) is 1.45. The quantitative estimate of drug-likeness (QED) is 0.859. The molecule has 0 aliphatic carbocycles. The van der Waals surface area contributed by atoms with Crippen LogP contribution in [-0.2, 0) is 4.74 Å². The smallest absolute Gasteiger partial charge is 0.339 e. The summed E-state index contributed by atoms with van der Waals surface area (Å²) < 4.78 is 29.1. The number of hydrogen-bond donors (Lipinski definition) is 1. The largest absolute Gasteiger partial charge is 0.465 e. The van der Waals surface area contributed by atoms with Gasteiger partial charge in [0.2, 0.25) is 0 Å². The zero-order valence-electron chi connectivity index (χ0n) is 12.3. The Kier molecular flexibility index (Phi) is 5.04. The van der Waals surface area contributed by atoms with Crippen molar-refractivity contribution in [1.82, 2.24) is 4.98 Å². The Balaban J connectivity index is 2.19. The number of halogens is 2. The molecule has 1 aromatic carbocycles. The van der Waals surface area contributed by atoms with Gasteiger partial charge in [-0.05, 0) is 36.8 Å². The summed E-state index contributed by atoms with van der Waals surface area (Å²) in [5.41, 5.74) is 3.41. The number of rotatable bonds is 5. The van der Waals surface area contributed by atoms with Crippen LogP contribution in [0.25, 0.3) is 11.3 Å². The molecule has 22 heavy (non-hydrogen) atoms. The minimum atomic E-state index is -2.40. The zero-order chi connectivity index (χ0) is 16.1. The van der Waals surface area contributed by atoms with E-state index in [0.717, 1.165) is 11.1 Å². The Morgan fingerprint density at radius 1 is 1.32 bits per heavy atom. The van der Waals surface area contributed by atoms with Crippen LogP contribution in [0.5, 0.6) is 0 Å². The van der Waals surface area contributed by atoms with E-state index in [-0.39, 0.29) is 6.54 Å². The van der Waals surface area contributed by atoms with Crippen molar-refractivity contribution in [2.75, 3.05) is 19.0 Å². The normalized spacial score (nSPS) is 10.6. The fourth-order valence-corrected chi connectivity index (χ4v) is 2.01. The summed E-state index contributed by atoms with van der Waals surface area (Å²) in [6.07, 6.45) is -0.953. The molecule has 2 aromatic rings. The molecule has 0 saturated heterocycles. The van der Waals surface area contributed by atoms with Crippen LogP contribution in [0, 0.1) is 6.92 Å². The third kappa shape index (κ3) is 3.78. The predicted octanol–water partition coefficient (Wildman–Crippen LogP) is 3.52. The highest BCUT2D eigenvalue weighted by atomic mass is 19.3. The second-order valence-electron chi connectivity index (χ2n) is 4.73. The Hall–Kier alpha value is -2.50. The number of anilines is 1. The van der Waals surface area contributed by atoms with Gasteiger partial charge in [0, 0.05) is 17.4 Å². The third-order valence-corrected chi connectivity index (χ3v) is 3.15. The molecule has 0 aliphatic rings. The molecule has 0 aliphatic heterocycles. The molecule has 0 bridgehead atoms. The van der Waals surface area contributed by atoms with Crippen molar-refractivity contribution in [2.45, 2.75) is 13.3 Å². The molecule has 1 heterocycles. The van der Waals surface area contributed by atoms with Gasteiger partial charge in [-0.15, -0.1) is 0 Å². The van der Waals surface area contributed by atoms with E-state index in [9.17, 15) is 13.6 Å². The number of nitrogens with zero attached hydrogens (tertiary/aromatic N) is 1. The van der Waals surface area contributed by atoms with E-state index in [1.165, 1.54) is 13.3 Å². The SMILES string of the molecule is COC(=O)c1ccc(-c2ccc(NCC(F)F)c(C)c2)nc1. The zero-order valence-corrected chi connectivity index (χ0v) is 12.3. The highest BCUT2D eigenvalue weighted by molar-refractivity contribution is 5.89. The average molecular weight is 306 g/mol. The number of hydrogen-bond acceptors (Lipinski definition) is 4. The van der Waals surface area contributed by atoms with Crippen molar-refractivity contribution in [1.29, 1.82) is 0 Å². The Morgan fingerprint density at radius 3 is 2.64 bits per heavy atom. The van der Waals surface area contributed by atoms with Gasteiger partial charge in [-0.3, -0.25) is 4.98 Å². The summed E-state index contributed by atoms with van der Waals surface area (Å²) in [6, 6.07) is 8.73. The number of carbonyl (C=O) groups is 1. The molecule has 0 saturated carbocycles. The standard InChI is InChI=1S/C16H16F2N2O2/c1-10-7-11(3-5-13(10)20-9-15(17)18)14-6-4-12(8-19-14)16(21)22-2/h3-8,15,20H,9H2,1-2H3. The van der Waals surface area contributed by atoms with Gasteiger partial charge in [-0.2, -0.15) is 0 Å². The summed E-state index contributed by atoms with van der Waals surface area (Å²) in [4.78, 5) is 15.6. The number of ether oxygens (including phenoxy) is 1. The van der Waals surface area contributed by atoms with Crippen LogP contribution in [0.2, 0.25) is 0 Å². The molecule has 116 valence electrons. The molecule has 0 unspecified atom stereocenters. The number of alkyl halides is 2. The van der Waals surface area contributed by atoms with E-state index < -0.39 is 12.4 Å². The molecule has 1 aromatic heterocycles. The predicted molar refractivity (Wildman–Crippen MR) is 80.2 cm³/mol. The topological polar surface area (TPSA) is 51.2 Å². The average Bonchev–Trinajstić information content (AvgIpc) is 2.53. The number of esters is 1. The number of aryl methyl sites for hydroxylation is 1. The first-order chi connectivity index (χ1) is 10.5. The lowest BCUT2D eigenvalue weighted by atomic mass is 10.1. The lowest BCUT2D eigenvalue weighted by molar-refractivity contribution is 0.0600. The molecular formula is C16H16F2N2O2. The second kappa shape index (κ2) is 6.98. The molecule has 0 radical (unpaired) electrons. The van der Waals surface area contributed by atoms with Crippen molar-refractivity contribution < 1.29 is 18.3 Å². The summed E-state index contributed by atoms with van der Waals surface area (Å²) in [5, 5.41) is 2.69. The first-order valence-corrected chi connectivity index (χ1v) is 6.68. The van der Waals surface area contributed by atoms with E-state index >= 15 is 0 Å². The molecule has 0 amide bonds. The van der Waals surface area contributed by atoms with Crippen molar-refractivity contribution in [3.05, 3.63) is 47.7 Å².